The van der Waals surface area contributed by atoms with E-state index in [1.165, 1.54) is 12.8 Å². The Bertz CT molecular complexity index is 378. The summed E-state index contributed by atoms with van der Waals surface area (Å²) in [5.41, 5.74) is 1.07. The maximum absolute atomic E-state index is 4.63. The third kappa shape index (κ3) is 2.94. The van der Waals surface area contributed by atoms with Crippen molar-refractivity contribution in [2.45, 2.75) is 39.2 Å². The predicted octanol–water partition coefficient (Wildman–Crippen LogP) is 1.54. The summed E-state index contributed by atoms with van der Waals surface area (Å²) in [6.07, 6.45) is 3.39. The lowest BCUT2D eigenvalue weighted by Gasteiger charge is -2.33. The van der Waals surface area contributed by atoms with Gasteiger partial charge in [-0.05, 0) is 26.8 Å². The van der Waals surface area contributed by atoms with Crippen molar-refractivity contribution in [3.63, 3.8) is 0 Å². The molecule has 1 aliphatic rings. The zero-order valence-electron chi connectivity index (χ0n) is 11.0. The van der Waals surface area contributed by atoms with E-state index in [0.717, 1.165) is 36.8 Å². The van der Waals surface area contributed by atoms with Gasteiger partial charge in [-0.2, -0.15) is 0 Å². The van der Waals surface area contributed by atoms with Crippen LogP contribution >= 0.6 is 0 Å². The predicted molar refractivity (Wildman–Crippen MR) is 70.4 cm³/mol. The second-order valence-corrected chi connectivity index (χ2v) is 4.71. The summed E-state index contributed by atoms with van der Waals surface area (Å²) in [4.78, 5) is 11.4. The quantitative estimate of drug-likeness (QED) is 0.861. The lowest BCUT2D eigenvalue weighted by atomic mass is 10.1. The van der Waals surface area contributed by atoms with E-state index < -0.39 is 0 Å². The summed E-state index contributed by atoms with van der Waals surface area (Å²) in [6, 6.07) is 2.68. The van der Waals surface area contributed by atoms with Crippen LogP contribution in [0.25, 0.3) is 0 Å². The molecule has 0 radical (unpaired) electrons. The normalized spacial score (nSPS) is 20.6. The molecule has 2 heterocycles. The maximum atomic E-state index is 4.63. The minimum Gasteiger partial charge on any atom is -0.355 e. The van der Waals surface area contributed by atoms with E-state index in [1.807, 2.05) is 14.0 Å². The molecule has 1 N–H and O–H groups in total. The molecule has 0 bridgehead atoms. The van der Waals surface area contributed by atoms with Gasteiger partial charge in [0.1, 0.15) is 11.6 Å². The number of aryl methyl sites for hydroxylation is 2. The van der Waals surface area contributed by atoms with Gasteiger partial charge in [-0.25, -0.2) is 9.97 Å². The molecule has 4 nitrogen and oxygen atoms in total. The highest BCUT2D eigenvalue weighted by molar-refractivity contribution is 5.40. The number of piperidine rings is 1. The zero-order valence-corrected chi connectivity index (χ0v) is 11.0. The molecule has 1 aromatic rings. The molecule has 0 aliphatic carbocycles. The lowest BCUT2D eigenvalue weighted by molar-refractivity contribution is 0.447. The van der Waals surface area contributed by atoms with Crippen LogP contribution in [0.2, 0.25) is 0 Å². The lowest BCUT2D eigenvalue weighted by Crippen LogP contribution is -2.44. The molecule has 1 unspecified atom stereocenters. The molecule has 1 fully saturated rings. The number of aromatic nitrogens is 2. The van der Waals surface area contributed by atoms with Crippen LogP contribution in [0.15, 0.2) is 6.07 Å². The first-order chi connectivity index (χ1) is 8.22. The Morgan fingerprint density at radius 3 is 3.00 bits per heavy atom. The minimum absolute atomic E-state index is 0.587. The number of hydrogen-bond acceptors (Lipinski definition) is 4. The Hall–Kier alpha value is -1.16. The number of nitrogens with one attached hydrogen (secondary N) is 1. The monoisotopic (exact) mass is 234 g/mol. The van der Waals surface area contributed by atoms with Gasteiger partial charge in [0, 0.05) is 37.3 Å². The molecular weight excluding hydrogens is 212 g/mol. The second-order valence-electron chi connectivity index (χ2n) is 4.71. The summed E-state index contributed by atoms with van der Waals surface area (Å²) in [5, 5.41) is 3.36. The fraction of sp³-hybridized carbons (Fsp3) is 0.692. The van der Waals surface area contributed by atoms with Crippen LogP contribution in [0.4, 0.5) is 5.82 Å². The molecule has 1 atom stereocenters. The average molecular weight is 234 g/mol. The third-order valence-electron chi connectivity index (χ3n) is 3.36. The summed E-state index contributed by atoms with van der Waals surface area (Å²) >= 11 is 0. The van der Waals surface area contributed by atoms with Crippen LogP contribution in [0, 0.1) is 6.92 Å². The number of rotatable bonds is 3. The Morgan fingerprint density at radius 2 is 2.29 bits per heavy atom. The molecule has 0 amide bonds. The summed E-state index contributed by atoms with van der Waals surface area (Å²) in [6.45, 7) is 6.31. The van der Waals surface area contributed by atoms with E-state index in [2.05, 4.69) is 33.2 Å². The van der Waals surface area contributed by atoms with Gasteiger partial charge in [-0.1, -0.05) is 6.92 Å². The number of likely N-dealkylation sites (N-methyl/N-ethyl adjacent to an activating group) is 1. The Kier molecular flexibility index (Phi) is 3.94. The fourth-order valence-corrected chi connectivity index (χ4v) is 2.35. The van der Waals surface area contributed by atoms with Gasteiger partial charge in [0.15, 0.2) is 0 Å². The minimum atomic E-state index is 0.587. The first-order valence-corrected chi connectivity index (χ1v) is 6.49. The molecule has 1 aromatic heterocycles. The van der Waals surface area contributed by atoms with Gasteiger partial charge in [-0.3, -0.25) is 0 Å². The summed E-state index contributed by atoms with van der Waals surface area (Å²) in [5.74, 6) is 2.04. The summed E-state index contributed by atoms with van der Waals surface area (Å²) < 4.78 is 0. The van der Waals surface area contributed by atoms with Gasteiger partial charge in [0.05, 0.1) is 0 Å². The molecule has 0 saturated carbocycles. The SMILES string of the molecule is CCc1nc(C)cc(N2CCCC(NC)C2)n1. The zero-order chi connectivity index (χ0) is 12.3. The van der Waals surface area contributed by atoms with E-state index in [1.54, 1.807) is 0 Å². The Balaban J connectivity index is 2.18. The van der Waals surface area contributed by atoms with E-state index in [9.17, 15) is 0 Å². The van der Waals surface area contributed by atoms with E-state index >= 15 is 0 Å². The molecule has 4 heteroatoms. The number of anilines is 1. The van der Waals surface area contributed by atoms with Crippen LogP contribution in [0.3, 0.4) is 0 Å². The van der Waals surface area contributed by atoms with Gasteiger partial charge in [-0.15, -0.1) is 0 Å². The highest BCUT2D eigenvalue weighted by Gasteiger charge is 2.20. The van der Waals surface area contributed by atoms with Crippen LogP contribution in [-0.4, -0.2) is 36.1 Å². The first kappa shape index (κ1) is 12.3. The van der Waals surface area contributed by atoms with Crippen molar-refractivity contribution in [1.29, 1.82) is 0 Å². The van der Waals surface area contributed by atoms with Gasteiger partial charge < -0.3 is 10.2 Å². The highest BCUT2D eigenvalue weighted by atomic mass is 15.2. The van der Waals surface area contributed by atoms with Crippen LogP contribution in [0.1, 0.15) is 31.3 Å². The van der Waals surface area contributed by atoms with Crippen molar-refractivity contribution in [2.75, 3.05) is 25.0 Å². The molecule has 0 aromatic carbocycles. The first-order valence-electron chi connectivity index (χ1n) is 6.49. The van der Waals surface area contributed by atoms with Crippen molar-refractivity contribution in [3.05, 3.63) is 17.6 Å². The fourth-order valence-electron chi connectivity index (χ4n) is 2.35. The second kappa shape index (κ2) is 5.45. The average Bonchev–Trinajstić information content (AvgIpc) is 2.38. The smallest absolute Gasteiger partial charge is 0.132 e. The molecule has 1 saturated heterocycles. The van der Waals surface area contributed by atoms with Crippen molar-refractivity contribution in [1.82, 2.24) is 15.3 Å². The number of hydrogen-bond donors (Lipinski definition) is 1. The molecule has 17 heavy (non-hydrogen) atoms. The van der Waals surface area contributed by atoms with Crippen molar-refractivity contribution in [2.24, 2.45) is 0 Å². The van der Waals surface area contributed by atoms with Gasteiger partial charge in [0.2, 0.25) is 0 Å². The maximum Gasteiger partial charge on any atom is 0.132 e. The standard InChI is InChI=1S/C13H22N4/c1-4-12-15-10(2)8-13(16-12)17-7-5-6-11(9-17)14-3/h8,11,14H,4-7,9H2,1-3H3. The van der Waals surface area contributed by atoms with Crippen molar-refractivity contribution in [3.8, 4) is 0 Å². The Labute approximate surface area is 103 Å². The Morgan fingerprint density at radius 1 is 1.47 bits per heavy atom. The van der Waals surface area contributed by atoms with Crippen LogP contribution in [-0.2, 0) is 6.42 Å². The largest absolute Gasteiger partial charge is 0.355 e. The van der Waals surface area contributed by atoms with Crippen molar-refractivity contribution >= 4 is 5.82 Å². The third-order valence-corrected chi connectivity index (χ3v) is 3.36. The van der Waals surface area contributed by atoms with E-state index in [0.29, 0.717) is 6.04 Å². The number of nitrogens with zero attached hydrogens (tertiary/aromatic N) is 3. The van der Waals surface area contributed by atoms with Crippen LogP contribution < -0.4 is 10.2 Å². The molecule has 94 valence electrons. The van der Waals surface area contributed by atoms with Gasteiger partial charge in [0.25, 0.3) is 0 Å². The van der Waals surface area contributed by atoms with E-state index in [-0.39, 0.29) is 0 Å². The van der Waals surface area contributed by atoms with E-state index in [4.69, 9.17) is 0 Å². The molecular formula is C13H22N4. The van der Waals surface area contributed by atoms with Crippen molar-refractivity contribution < 1.29 is 0 Å². The molecule has 2 rings (SSSR count). The molecule has 0 spiro atoms. The summed E-state index contributed by atoms with van der Waals surface area (Å²) in [7, 11) is 2.04. The van der Waals surface area contributed by atoms with Gasteiger partial charge >= 0.3 is 0 Å². The highest BCUT2D eigenvalue weighted by Crippen LogP contribution is 2.18. The molecule has 1 aliphatic heterocycles. The topological polar surface area (TPSA) is 41.1 Å². The van der Waals surface area contributed by atoms with Crippen LogP contribution in [0.5, 0.6) is 0 Å².